The molecule has 0 atom stereocenters. The van der Waals surface area contributed by atoms with Crippen LogP contribution in [0.1, 0.15) is 23.5 Å². The smallest absolute Gasteiger partial charge is 0.255 e. The van der Waals surface area contributed by atoms with Crippen LogP contribution in [-0.2, 0) is 4.79 Å². The maximum absolute atomic E-state index is 11.7. The van der Waals surface area contributed by atoms with Gasteiger partial charge in [-0.25, -0.2) is 0 Å². The number of amides is 1. The molecule has 3 heteroatoms. The summed E-state index contributed by atoms with van der Waals surface area (Å²) < 4.78 is 0. The summed E-state index contributed by atoms with van der Waals surface area (Å²) in [4.78, 5) is 15.3. The highest BCUT2D eigenvalue weighted by molar-refractivity contribution is 7.78. The third kappa shape index (κ3) is 2.03. The zero-order chi connectivity index (χ0) is 13.2. The van der Waals surface area contributed by atoms with E-state index in [2.05, 4.69) is 46.6 Å². The first-order valence-electron chi connectivity index (χ1n) is 6.10. The van der Waals surface area contributed by atoms with Gasteiger partial charge in [-0.2, -0.15) is 4.99 Å². The lowest BCUT2D eigenvalue weighted by Crippen LogP contribution is -2.03. The van der Waals surface area contributed by atoms with E-state index in [1.165, 1.54) is 22.3 Å². The summed E-state index contributed by atoms with van der Waals surface area (Å²) in [5, 5.41) is 2.15. The molecule has 2 aromatic rings. The van der Waals surface area contributed by atoms with Gasteiger partial charge in [-0.3, -0.25) is 4.79 Å². The van der Waals surface area contributed by atoms with Crippen molar-refractivity contribution in [3.8, 4) is 11.1 Å². The summed E-state index contributed by atoms with van der Waals surface area (Å²) in [6.07, 6.45) is 0.345. The predicted molar refractivity (Wildman–Crippen MR) is 78.4 cm³/mol. The fraction of sp³-hybridized carbons (Fsp3) is 0.125. The molecule has 2 aromatic carbocycles. The SMILES string of the molecule is O=C(CC1c2ccccc2-c2ccccc21)N=C=S. The molecule has 1 amide bonds. The molecule has 0 N–H and O–H groups in total. The number of fused-ring (bicyclic) bond motifs is 3. The van der Waals surface area contributed by atoms with Crippen molar-refractivity contribution in [3.05, 3.63) is 59.7 Å². The maximum atomic E-state index is 11.7. The Kier molecular flexibility index (Phi) is 3.08. The van der Waals surface area contributed by atoms with Crippen LogP contribution in [0.3, 0.4) is 0 Å². The Morgan fingerprint density at radius 2 is 1.58 bits per heavy atom. The molecule has 92 valence electrons. The van der Waals surface area contributed by atoms with Crippen LogP contribution in [0.4, 0.5) is 0 Å². The fourth-order valence-corrected chi connectivity index (χ4v) is 2.85. The number of nitrogens with zero attached hydrogens (tertiary/aromatic N) is 1. The van der Waals surface area contributed by atoms with E-state index >= 15 is 0 Å². The van der Waals surface area contributed by atoms with Crippen molar-refractivity contribution in [1.82, 2.24) is 0 Å². The lowest BCUT2D eigenvalue weighted by atomic mass is 9.93. The van der Waals surface area contributed by atoms with E-state index in [-0.39, 0.29) is 11.8 Å². The Morgan fingerprint density at radius 3 is 2.11 bits per heavy atom. The molecule has 0 bridgehead atoms. The van der Waals surface area contributed by atoms with Gasteiger partial charge in [0, 0.05) is 12.3 Å². The van der Waals surface area contributed by atoms with Crippen molar-refractivity contribution in [2.24, 2.45) is 4.99 Å². The minimum absolute atomic E-state index is 0.0759. The van der Waals surface area contributed by atoms with Gasteiger partial charge in [0.1, 0.15) is 0 Å². The molecule has 0 saturated heterocycles. The summed E-state index contributed by atoms with van der Waals surface area (Å²) in [7, 11) is 0. The molecule has 2 nitrogen and oxygen atoms in total. The number of benzene rings is 2. The van der Waals surface area contributed by atoms with E-state index in [4.69, 9.17) is 0 Å². The number of hydrogen-bond donors (Lipinski definition) is 0. The second-order valence-electron chi connectivity index (χ2n) is 4.53. The zero-order valence-corrected chi connectivity index (χ0v) is 11.0. The molecule has 0 radical (unpaired) electrons. The van der Waals surface area contributed by atoms with Gasteiger partial charge in [-0.15, -0.1) is 0 Å². The molecule has 3 rings (SSSR count). The van der Waals surface area contributed by atoms with Crippen LogP contribution in [0.5, 0.6) is 0 Å². The third-order valence-electron chi connectivity index (χ3n) is 3.51. The molecule has 19 heavy (non-hydrogen) atoms. The van der Waals surface area contributed by atoms with E-state index in [1.807, 2.05) is 24.3 Å². The van der Waals surface area contributed by atoms with Crippen molar-refractivity contribution in [2.45, 2.75) is 12.3 Å². The first-order chi connectivity index (χ1) is 9.31. The Bertz CT molecular complexity index is 656. The lowest BCUT2D eigenvalue weighted by Gasteiger charge is -2.10. The fourth-order valence-electron chi connectivity index (χ4n) is 2.75. The summed E-state index contributed by atoms with van der Waals surface area (Å²) >= 11 is 4.49. The van der Waals surface area contributed by atoms with E-state index in [1.54, 1.807) is 0 Å². The Morgan fingerprint density at radius 1 is 1.05 bits per heavy atom. The van der Waals surface area contributed by atoms with Gasteiger partial charge >= 0.3 is 0 Å². The molecule has 1 aliphatic carbocycles. The summed E-state index contributed by atoms with van der Waals surface area (Å²) in [5.74, 6) is -0.140. The van der Waals surface area contributed by atoms with Crippen LogP contribution in [-0.4, -0.2) is 11.1 Å². The number of carbonyl (C=O) groups is 1. The van der Waals surface area contributed by atoms with Gasteiger partial charge in [0.25, 0.3) is 5.91 Å². The van der Waals surface area contributed by atoms with Crippen LogP contribution in [0.15, 0.2) is 53.5 Å². The third-order valence-corrected chi connectivity index (χ3v) is 3.60. The topological polar surface area (TPSA) is 29.4 Å². The van der Waals surface area contributed by atoms with Crippen LogP contribution >= 0.6 is 12.2 Å². The van der Waals surface area contributed by atoms with Crippen molar-refractivity contribution in [2.75, 3.05) is 0 Å². The first kappa shape index (κ1) is 12.0. The van der Waals surface area contributed by atoms with Crippen molar-refractivity contribution < 1.29 is 4.79 Å². The average molecular weight is 265 g/mol. The van der Waals surface area contributed by atoms with Crippen LogP contribution in [0.25, 0.3) is 11.1 Å². The van der Waals surface area contributed by atoms with E-state index in [0.717, 1.165) is 0 Å². The number of isothiocyanates is 1. The molecular weight excluding hydrogens is 254 g/mol. The van der Waals surface area contributed by atoms with Gasteiger partial charge in [0.05, 0.1) is 5.16 Å². The standard InChI is InChI=1S/C16H11NOS/c18-16(17-10-19)9-15-13-7-3-1-5-11(13)12-6-2-4-8-14(12)15/h1-8,15H,9H2. The molecule has 0 unspecified atom stereocenters. The Hall–Kier alpha value is -2.09. The molecule has 0 fully saturated rings. The molecule has 0 saturated carbocycles. The van der Waals surface area contributed by atoms with Gasteiger partial charge in [-0.1, -0.05) is 48.5 Å². The second-order valence-corrected chi connectivity index (χ2v) is 4.71. The van der Waals surface area contributed by atoms with Crippen LogP contribution in [0.2, 0.25) is 0 Å². The van der Waals surface area contributed by atoms with Gasteiger partial charge in [0.2, 0.25) is 0 Å². The zero-order valence-electron chi connectivity index (χ0n) is 10.2. The normalized spacial score (nSPS) is 12.4. The van der Waals surface area contributed by atoms with Gasteiger partial charge in [-0.05, 0) is 34.5 Å². The van der Waals surface area contributed by atoms with E-state index < -0.39 is 0 Å². The molecule has 0 heterocycles. The average Bonchev–Trinajstić information content (AvgIpc) is 2.75. The largest absolute Gasteiger partial charge is 0.272 e. The number of hydrogen-bond acceptors (Lipinski definition) is 2. The molecule has 0 aromatic heterocycles. The molecule has 0 aliphatic heterocycles. The lowest BCUT2D eigenvalue weighted by molar-refractivity contribution is -0.117. The first-order valence-corrected chi connectivity index (χ1v) is 6.51. The maximum Gasteiger partial charge on any atom is 0.255 e. The number of aliphatic imine (C=N–C) groups is 1. The van der Waals surface area contributed by atoms with Crippen molar-refractivity contribution >= 4 is 23.3 Å². The highest BCUT2D eigenvalue weighted by Crippen LogP contribution is 2.46. The summed E-state index contributed by atoms with van der Waals surface area (Å²) in [6, 6.07) is 16.4. The van der Waals surface area contributed by atoms with E-state index in [0.29, 0.717) is 6.42 Å². The quantitative estimate of drug-likeness (QED) is 0.610. The molecule has 0 spiro atoms. The number of thiocarbonyl (C=S) groups is 1. The summed E-state index contributed by atoms with van der Waals surface area (Å²) in [5.41, 5.74) is 4.80. The minimum atomic E-state index is -0.216. The second kappa shape index (κ2) is 4.88. The minimum Gasteiger partial charge on any atom is -0.272 e. The van der Waals surface area contributed by atoms with Crippen molar-refractivity contribution in [3.63, 3.8) is 0 Å². The summed E-state index contributed by atoms with van der Waals surface area (Å²) in [6.45, 7) is 0. The molecule has 1 aliphatic rings. The van der Waals surface area contributed by atoms with Crippen molar-refractivity contribution in [1.29, 1.82) is 0 Å². The number of carbonyl (C=O) groups excluding carboxylic acids is 1. The van der Waals surface area contributed by atoms with Gasteiger partial charge < -0.3 is 0 Å². The Balaban J connectivity index is 2.09. The predicted octanol–water partition coefficient (Wildman–Crippen LogP) is 3.82. The highest BCUT2D eigenvalue weighted by Gasteiger charge is 2.29. The van der Waals surface area contributed by atoms with Crippen LogP contribution in [0, 0.1) is 0 Å². The number of rotatable bonds is 2. The molecular formula is C16H11NOS. The monoisotopic (exact) mass is 265 g/mol. The highest BCUT2D eigenvalue weighted by atomic mass is 32.1. The Labute approximate surface area is 116 Å². The van der Waals surface area contributed by atoms with Gasteiger partial charge in [0.15, 0.2) is 0 Å². The van der Waals surface area contributed by atoms with Crippen LogP contribution < -0.4 is 0 Å². The van der Waals surface area contributed by atoms with E-state index in [9.17, 15) is 4.79 Å².